The number of ether oxygens (including phenoxy) is 1. The molecule has 1 spiro atoms. The predicted molar refractivity (Wildman–Crippen MR) is 102 cm³/mol. The summed E-state index contributed by atoms with van der Waals surface area (Å²) >= 11 is 0. The molecule has 3 heteroatoms. The van der Waals surface area contributed by atoms with E-state index in [1.54, 1.807) is 0 Å². The van der Waals surface area contributed by atoms with Gasteiger partial charge in [-0.15, -0.1) is 0 Å². The second-order valence-electron chi connectivity index (χ2n) is 7.93. The van der Waals surface area contributed by atoms with Crippen molar-refractivity contribution in [3.05, 3.63) is 83.9 Å². The van der Waals surface area contributed by atoms with E-state index < -0.39 is 0 Å². The molecule has 0 radical (unpaired) electrons. The van der Waals surface area contributed by atoms with Gasteiger partial charge in [0.1, 0.15) is 18.7 Å². The number of carbonyl (C=O) groups is 1. The minimum Gasteiger partial charge on any atom is -0.455 e. The Morgan fingerprint density at radius 3 is 1.81 bits per heavy atom. The summed E-state index contributed by atoms with van der Waals surface area (Å²) in [5, 5.41) is 0. The van der Waals surface area contributed by atoms with Crippen LogP contribution in [0.2, 0.25) is 0 Å². The largest absolute Gasteiger partial charge is 0.455 e. The number of esters is 1. The summed E-state index contributed by atoms with van der Waals surface area (Å²) in [6, 6.07) is 21.5. The van der Waals surface area contributed by atoms with Crippen LogP contribution in [0.5, 0.6) is 0 Å². The van der Waals surface area contributed by atoms with Gasteiger partial charge >= 0.3 is 5.97 Å². The van der Waals surface area contributed by atoms with E-state index in [9.17, 15) is 4.79 Å². The molecule has 4 rings (SSSR count). The van der Waals surface area contributed by atoms with Crippen LogP contribution < -0.4 is 0 Å². The lowest BCUT2D eigenvalue weighted by Gasteiger charge is -2.46. The first kappa shape index (κ1) is 17.0. The number of likely N-dealkylation sites (tertiary alicyclic amines) is 1. The summed E-state index contributed by atoms with van der Waals surface area (Å²) in [6.07, 6.45) is 2.53. The van der Waals surface area contributed by atoms with E-state index in [0.717, 1.165) is 43.5 Å². The lowest BCUT2D eigenvalue weighted by Crippen LogP contribution is -2.56. The number of hydrogen-bond acceptors (Lipinski definition) is 2. The fourth-order valence-corrected chi connectivity index (χ4v) is 4.48. The fraction of sp³-hybridized carbons (Fsp3) is 0.348. The molecule has 0 saturated carbocycles. The normalized spacial score (nSPS) is 20.9. The molecule has 3 nitrogen and oxygen atoms in total. The molecule has 2 aliphatic rings. The molecule has 2 aliphatic heterocycles. The fourth-order valence-electron chi connectivity index (χ4n) is 4.48. The smallest absolute Gasteiger partial charge is 0.334 e. The zero-order valence-electron chi connectivity index (χ0n) is 15.2. The van der Waals surface area contributed by atoms with Crippen molar-refractivity contribution < 1.29 is 14.0 Å². The molecular formula is C23H26NO2+. The Hall–Kier alpha value is -2.39. The van der Waals surface area contributed by atoms with Crippen molar-refractivity contribution in [1.29, 1.82) is 0 Å². The SMILES string of the molecule is C=C1CC2(CC[N+](Cc3ccccc3)(Cc3ccccc3)CC2)OC1=O. The molecule has 0 N–H and O–H groups in total. The van der Waals surface area contributed by atoms with Crippen LogP contribution in [0.1, 0.15) is 30.4 Å². The van der Waals surface area contributed by atoms with Crippen LogP contribution in [0.25, 0.3) is 0 Å². The summed E-state index contributed by atoms with van der Waals surface area (Å²) in [5.74, 6) is -0.198. The molecule has 26 heavy (non-hydrogen) atoms. The average Bonchev–Trinajstić information content (AvgIpc) is 2.94. The van der Waals surface area contributed by atoms with Crippen LogP contribution in [0, 0.1) is 0 Å². The molecule has 0 aliphatic carbocycles. The Kier molecular flexibility index (Phi) is 4.41. The van der Waals surface area contributed by atoms with Crippen molar-refractivity contribution in [2.75, 3.05) is 13.1 Å². The van der Waals surface area contributed by atoms with E-state index in [0.29, 0.717) is 12.0 Å². The van der Waals surface area contributed by atoms with E-state index >= 15 is 0 Å². The van der Waals surface area contributed by atoms with E-state index in [4.69, 9.17) is 4.74 Å². The Balaban J connectivity index is 1.56. The molecule has 0 amide bonds. The van der Waals surface area contributed by atoms with Crippen LogP contribution >= 0.6 is 0 Å². The number of rotatable bonds is 4. The van der Waals surface area contributed by atoms with E-state index in [1.807, 2.05) is 0 Å². The monoisotopic (exact) mass is 348 g/mol. The Labute approximate surface area is 155 Å². The summed E-state index contributed by atoms with van der Waals surface area (Å²) in [7, 11) is 0. The zero-order valence-corrected chi connectivity index (χ0v) is 15.2. The highest BCUT2D eigenvalue weighted by molar-refractivity contribution is 5.90. The number of benzene rings is 2. The third kappa shape index (κ3) is 3.45. The van der Waals surface area contributed by atoms with Crippen LogP contribution in [-0.4, -0.2) is 29.1 Å². The minimum absolute atomic E-state index is 0.198. The standard InChI is InChI=1S/C23H26NO2/c1-19-16-23(26-22(19)25)12-14-24(15-13-23,17-20-8-4-2-5-9-20)18-21-10-6-3-7-11-21/h2-11H,1,12-18H2/q+1. The summed E-state index contributed by atoms with van der Waals surface area (Å²) in [4.78, 5) is 11.9. The Bertz CT molecular complexity index is 728. The number of nitrogens with zero attached hydrogens (tertiary/aromatic N) is 1. The van der Waals surface area contributed by atoms with E-state index in [-0.39, 0.29) is 11.6 Å². The van der Waals surface area contributed by atoms with Gasteiger partial charge in [-0.05, 0) is 0 Å². The molecule has 0 bridgehead atoms. The number of piperidine rings is 1. The Morgan fingerprint density at radius 1 is 0.885 bits per heavy atom. The topological polar surface area (TPSA) is 26.3 Å². The van der Waals surface area contributed by atoms with Crippen molar-refractivity contribution in [3.8, 4) is 0 Å². The van der Waals surface area contributed by atoms with E-state index in [1.165, 1.54) is 11.1 Å². The van der Waals surface area contributed by atoms with Crippen molar-refractivity contribution in [2.45, 2.75) is 38.0 Å². The summed E-state index contributed by atoms with van der Waals surface area (Å²) < 4.78 is 6.76. The number of quaternary nitrogens is 1. The maximum Gasteiger partial charge on any atom is 0.334 e. The predicted octanol–water partition coefficient (Wildman–Crippen LogP) is 4.24. The molecule has 2 fully saturated rings. The van der Waals surface area contributed by atoms with Crippen molar-refractivity contribution >= 4 is 5.97 Å². The second-order valence-corrected chi connectivity index (χ2v) is 7.93. The molecule has 2 aromatic rings. The van der Waals surface area contributed by atoms with Gasteiger partial charge in [0.15, 0.2) is 0 Å². The lowest BCUT2D eigenvalue weighted by molar-refractivity contribution is -0.959. The van der Waals surface area contributed by atoms with Gasteiger partial charge in [-0.3, -0.25) is 0 Å². The first-order valence-corrected chi connectivity index (χ1v) is 9.42. The molecule has 0 aromatic heterocycles. The van der Waals surface area contributed by atoms with Gasteiger partial charge < -0.3 is 9.22 Å². The molecule has 0 atom stereocenters. The van der Waals surface area contributed by atoms with Crippen molar-refractivity contribution in [1.82, 2.24) is 0 Å². The lowest BCUT2D eigenvalue weighted by atomic mass is 9.85. The molecule has 2 aromatic carbocycles. The highest BCUT2D eigenvalue weighted by Gasteiger charge is 2.49. The van der Waals surface area contributed by atoms with Crippen molar-refractivity contribution in [3.63, 3.8) is 0 Å². The highest BCUT2D eigenvalue weighted by Crippen LogP contribution is 2.41. The van der Waals surface area contributed by atoms with Gasteiger partial charge in [-0.2, -0.15) is 0 Å². The van der Waals surface area contributed by atoms with Crippen LogP contribution in [0.3, 0.4) is 0 Å². The highest BCUT2D eigenvalue weighted by atomic mass is 16.6. The molecule has 134 valence electrons. The number of carbonyl (C=O) groups excluding carboxylic acids is 1. The van der Waals surface area contributed by atoms with Gasteiger partial charge in [0.25, 0.3) is 0 Å². The third-order valence-electron chi connectivity index (χ3n) is 5.94. The van der Waals surface area contributed by atoms with Gasteiger partial charge in [-0.25, -0.2) is 4.79 Å². The van der Waals surface area contributed by atoms with Crippen LogP contribution in [0.4, 0.5) is 0 Å². The molecule has 0 unspecified atom stereocenters. The molecule has 2 heterocycles. The summed E-state index contributed by atoms with van der Waals surface area (Å²) in [5.41, 5.74) is 3.07. The first-order valence-electron chi connectivity index (χ1n) is 9.42. The van der Waals surface area contributed by atoms with Crippen LogP contribution in [0.15, 0.2) is 72.8 Å². The van der Waals surface area contributed by atoms with Crippen LogP contribution in [-0.2, 0) is 22.6 Å². The first-order chi connectivity index (χ1) is 12.6. The van der Waals surface area contributed by atoms with Gasteiger partial charge in [-0.1, -0.05) is 67.2 Å². The maximum atomic E-state index is 11.9. The quantitative estimate of drug-likeness (QED) is 0.469. The van der Waals surface area contributed by atoms with Crippen molar-refractivity contribution in [2.24, 2.45) is 0 Å². The van der Waals surface area contributed by atoms with Gasteiger partial charge in [0.05, 0.1) is 13.1 Å². The van der Waals surface area contributed by atoms with E-state index in [2.05, 4.69) is 67.2 Å². The second kappa shape index (κ2) is 6.73. The Morgan fingerprint density at radius 2 is 1.38 bits per heavy atom. The maximum absolute atomic E-state index is 11.9. The minimum atomic E-state index is -0.302. The third-order valence-corrected chi connectivity index (χ3v) is 5.94. The average molecular weight is 348 g/mol. The van der Waals surface area contributed by atoms with Gasteiger partial charge in [0, 0.05) is 36.0 Å². The summed E-state index contributed by atoms with van der Waals surface area (Å²) in [6.45, 7) is 7.94. The molecule has 2 saturated heterocycles. The van der Waals surface area contributed by atoms with Gasteiger partial charge in [0.2, 0.25) is 0 Å². The molecular weight excluding hydrogens is 322 g/mol. The number of hydrogen-bond donors (Lipinski definition) is 0. The zero-order chi connectivity index (χ0) is 18.0.